The molecule has 1 atom stereocenters. The molecule has 0 bridgehead atoms. The first-order chi connectivity index (χ1) is 5.57. The lowest BCUT2D eigenvalue weighted by molar-refractivity contribution is 0.381. The molecule has 0 aliphatic carbocycles. The first kappa shape index (κ1) is 11.7. The minimum atomic E-state index is 0.704. The Morgan fingerprint density at radius 3 is 2.42 bits per heavy atom. The van der Waals surface area contributed by atoms with Crippen LogP contribution < -0.4 is 0 Å². The minimum absolute atomic E-state index is 0.704. The normalized spacial score (nSPS) is 13.4. The molecule has 0 aromatic rings. The maximum atomic E-state index is 4.06. The van der Waals surface area contributed by atoms with Crippen molar-refractivity contribution < 1.29 is 0 Å². The predicted octanol–water partition coefficient (Wildman–Crippen LogP) is 2.93. The van der Waals surface area contributed by atoms with Gasteiger partial charge in [0.2, 0.25) is 0 Å². The second-order valence-electron chi connectivity index (χ2n) is 3.86. The zero-order valence-electron chi connectivity index (χ0n) is 9.06. The fourth-order valence-electron chi connectivity index (χ4n) is 1.27. The van der Waals surface area contributed by atoms with Crippen molar-refractivity contribution in [2.75, 3.05) is 20.6 Å². The van der Waals surface area contributed by atoms with E-state index < -0.39 is 0 Å². The van der Waals surface area contributed by atoms with Crippen LogP contribution in [0.5, 0.6) is 0 Å². The van der Waals surface area contributed by atoms with Crippen LogP contribution in [0.15, 0.2) is 12.2 Å². The fourth-order valence-corrected chi connectivity index (χ4v) is 1.27. The summed E-state index contributed by atoms with van der Waals surface area (Å²) in [5.41, 5.74) is 1.40. The van der Waals surface area contributed by atoms with Crippen LogP contribution >= 0.6 is 0 Å². The van der Waals surface area contributed by atoms with Crippen molar-refractivity contribution >= 4 is 0 Å². The first-order valence-corrected chi connectivity index (χ1v) is 4.90. The van der Waals surface area contributed by atoms with Crippen LogP contribution in [0.3, 0.4) is 0 Å². The molecule has 0 rings (SSSR count). The van der Waals surface area contributed by atoms with E-state index in [4.69, 9.17) is 0 Å². The zero-order valence-corrected chi connectivity index (χ0v) is 9.06. The van der Waals surface area contributed by atoms with Gasteiger partial charge in [-0.15, -0.1) is 0 Å². The highest BCUT2D eigenvalue weighted by atomic mass is 15.0. The first-order valence-electron chi connectivity index (χ1n) is 4.90. The molecule has 0 aromatic heterocycles. The van der Waals surface area contributed by atoms with Crippen molar-refractivity contribution in [1.82, 2.24) is 4.90 Å². The standard InChI is InChI=1S/C11H23N/c1-6-10(2)11(3)8-7-9-12(4)5/h11H,2,6-9H2,1,3-5H3. The molecule has 0 aromatic carbocycles. The Hall–Kier alpha value is -0.300. The topological polar surface area (TPSA) is 3.24 Å². The van der Waals surface area contributed by atoms with Gasteiger partial charge in [-0.3, -0.25) is 0 Å². The Morgan fingerprint density at radius 1 is 1.42 bits per heavy atom. The summed E-state index contributed by atoms with van der Waals surface area (Å²) >= 11 is 0. The zero-order chi connectivity index (χ0) is 9.56. The summed E-state index contributed by atoms with van der Waals surface area (Å²) in [5, 5.41) is 0. The highest BCUT2D eigenvalue weighted by Gasteiger charge is 2.04. The van der Waals surface area contributed by atoms with Crippen molar-refractivity contribution in [2.45, 2.75) is 33.1 Å². The summed E-state index contributed by atoms with van der Waals surface area (Å²) < 4.78 is 0. The molecule has 0 fully saturated rings. The van der Waals surface area contributed by atoms with E-state index in [2.05, 4.69) is 39.4 Å². The van der Waals surface area contributed by atoms with Crippen LogP contribution in [0.25, 0.3) is 0 Å². The van der Waals surface area contributed by atoms with E-state index in [9.17, 15) is 0 Å². The van der Waals surface area contributed by atoms with Crippen LogP contribution in [0.2, 0.25) is 0 Å². The Kier molecular flexibility index (Phi) is 6.09. The Labute approximate surface area is 77.5 Å². The maximum Gasteiger partial charge on any atom is -0.00246 e. The van der Waals surface area contributed by atoms with Crippen molar-refractivity contribution in [3.63, 3.8) is 0 Å². The molecule has 0 aliphatic heterocycles. The van der Waals surface area contributed by atoms with Gasteiger partial charge >= 0.3 is 0 Å². The second kappa shape index (κ2) is 6.24. The van der Waals surface area contributed by atoms with Gasteiger partial charge in [0.05, 0.1) is 0 Å². The van der Waals surface area contributed by atoms with Crippen LogP contribution in [-0.2, 0) is 0 Å². The summed E-state index contributed by atoms with van der Waals surface area (Å²) in [7, 11) is 4.25. The fraction of sp³-hybridized carbons (Fsp3) is 0.818. The van der Waals surface area contributed by atoms with Crippen LogP contribution in [-0.4, -0.2) is 25.5 Å². The van der Waals surface area contributed by atoms with Gasteiger partial charge in [0.15, 0.2) is 0 Å². The molecule has 1 unspecified atom stereocenters. The summed E-state index contributed by atoms with van der Waals surface area (Å²) in [6, 6.07) is 0. The van der Waals surface area contributed by atoms with Crippen molar-refractivity contribution in [2.24, 2.45) is 5.92 Å². The quantitative estimate of drug-likeness (QED) is 0.553. The highest BCUT2D eigenvalue weighted by molar-refractivity contribution is 4.97. The molecule has 0 saturated heterocycles. The Morgan fingerprint density at radius 2 is 2.00 bits per heavy atom. The molecule has 0 saturated carbocycles. The third-order valence-electron chi connectivity index (χ3n) is 2.39. The molecule has 12 heavy (non-hydrogen) atoms. The molecule has 0 spiro atoms. The van der Waals surface area contributed by atoms with E-state index in [1.54, 1.807) is 0 Å². The third kappa shape index (κ3) is 5.36. The van der Waals surface area contributed by atoms with Crippen LogP contribution in [0.4, 0.5) is 0 Å². The molecule has 0 N–H and O–H groups in total. The Bertz CT molecular complexity index is 127. The second-order valence-corrected chi connectivity index (χ2v) is 3.86. The summed E-state index contributed by atoms with van der Waals surface area (Å²) in [6.07, 6.45) is 3.70. The average molecular weight is 169 g/mol. The number of hydrogen-bond donors (Lipinski definition) is 0. The van der Waals surface area contributed by atoms with Gasteiger partial charge in [-0.2, -0.15) is 0 Å². The molecular formula is C11H23N. The molecule has 0 heterocycles. The molecule has 1 nitrogen and oxygen atoms in total. The predicted molar refractivity (Wildman–Crippen MR) is 56.4 cm³/mol. The van der Waals surface area contributed by atoms with E-state index in [1.165, 1.54) is 25.0 Å². The van der Waals surface area contributed by atoms with Gasteiger partial charge in [-0.05, 0) is 45.8 Å². The average Bonchev–Trinajstić information content (AvgIpc) is 2.02. The van der Waals surface area contributed by atoms with E-state index in [1.807, 2.05) is 0 Å². The lowest BCUT2D eigenvalue weighted by Crippen LogP contribution is -2.14. The lowest BCUT2D eigenvalue weighted by Gasteiger charge is -2.14. The molecule has 0 aliphatic rings. The smallest absolute Gasteiger partial charge is 0.00246 e. The minimum Gasteiger partial charge on any atom is -0.309 e. The van der Waals surface area contributed by atoms with Gasteiger partial charge in [-0.1, -0.05) is 26.0 Å². The van der Waals surface area contributed by atoms with E-state index in [0.29, 0.717) is 5.92 Å². The highest BCUT2D eigenvalue weighted by Crippen LogP contribution is 2.17. The van der Waals surface area contributed by atoms with Crippen molar-refractivity contribution in [3.8, 4) is 0 Å². The Balaban J connectivity index is 3.43. The van der Waals surface area contributed by atoms with Gasteiger partial charge in [0, 0.05) is 0 Å². The van der Waals surface area contributed by atoms with Crippen molar-refractivity contribution in [3.05, 3.63) is 12.2 Å². The van der Waals surface area contributed by atoms with Gasteiger partial charge in [0.1, 0.15) is 0 Å². The van der Waals surface area contributed by atoms with Crippen LogP contribution in [0, 0.1) is 5.92 Å². The third-order valence-corrected chi connectivity index (χ3v) is 2.39. The molecule has 0 amide bonds. The van der Waals surface area contributed by atoms with Gasteiger partial charge in [-0.25, -0.2) is 0 Å². The molecular weight excluding hydrogens is 146 g/mol. The summed E-state index contributed by atoms with van der Waals surface area (Å²) in [4.78, 5) is 2.24. The molecule has 0 radical (unpaired) electrons. The monoisotopic (exact) mass is 169 g/mol. The molecule has 1 heteroatoms. The van der Waals surface area contributed by atoms with Gasteiger partial charge < -0.3 is 4.90 Å². The number of rotatable bonds is 6. The van der Waals surface area contributed by atoms with E-state index in [-0.39, 0.29) is 0 Å². The molecule has 72 valence electrons. The van der Waals surface area contributed by atoms with Crippen LogP contribution in [0.1, 0.15) is 33.1 Å². The lowest BCUT2D eigenvalue weighted by atomic mass is 9.95. The SMILES string of the molecule is C=C(CC)C(C)CCCN(C)C. The van der Waals surface area contributed by atoms with E-state index in [0.717, 1.165) is 6.42 Å². The number of nitrogens with zero attached hydrogens (tertiary/aromatic N) is 1. The summed E-state index contributed by atoms with van der Waals surface area (Å²) in [5.74, 6) is 0.704. The summed E-state index contributed by atoms with van der Waals surface area (Å²) in [6.45, 7) is 9.72. The number of allylic oxidation sites excluding steroid dienone is 1. The maximum absolute atomic E-state index is 4.06. The van der Waals surface area contributed by atoms with Crippen molar-refractivity contribution in [1.29, 1.82) is 0 Å². The largest absolute Gasteiger partial charge is 0.309 e. The van der Waals surface area contributed by atoms with E-state index >= 15 is 0 Å². The van der Waals surface area contributed by atoms with Gasteiger partial charge in [0.25, 0.3) is 0 Å². The number of hydrogen-bond acceptors (Lipinski definition) is 1.